The number of hydrogen-bond donors (Lipinski definition) is 1. The average Bonchev–Trinajstić information content (AvgIpc) is 3.02. The highest BCUT2D eigenvalue weighted by molar-refractivity contribution is 7.15. The van der Waals surface area contributed by atoms with Crippen LogP contribution in [0, 0.1) is 0 Å². The predicted molar refractivity (Wildman–Crippen MR) is 87.9 cm³/mol. The van der Waals surface area contributed by atoms with Crippen molar-refractivity contribution in [2.75, 3.05) is 24.5 Å². The number of imidazole rings is 1. The van der Waals surface area contributed by atoms with Gasteiger partial charge >= 0.3 is 0 Å². The first-order valence-electron chi connectivity index (χ1n) is 7.71. The van der Waals surface area contributed by atoms with Crippen LogP contribution >= 0.6 is 11.3 Å². The van der Waals surface area contributed by atoms with Crippen molar-refractivity contribution in [3.63, 3.8) is 0 Å². The first-order valence-corrected chi connectivity index (χ1v) is 8.59. The normalized spacial score (nSPS) is 11.3. The zero-order valence-electron chi connectivity index (χ0n) is 12.6. The number of hydrogen-bond acceptors (Lipinski definition) is 4. The fourth-order valence-corrected chi connectivity index (χ4v) is 3.19. The zero-order valence-corrected chi connectivity index (χ0v) is 13.5. The molecular weight excluding hydrogens is 268 g/mol. The fourth-order valence-electron chi connectivity index (χ4n) is 2.46. The number of anilines is 1. The minimum atomic E-state index is 0.673. The van der Waals surface area contributed by atoms with Crippen LogP contribution in [0.4, 0.5) is 5.82 Å². The Kier molecular flexibility index (Phi) is 5.86. The maximum Gasteiger partial charge on any atom is 0.195 e. The summed E-state index contributed by atoms with van der Waals surface area (Å²) >= 11 is 1.70. The second kappa shape index (κ2) is 7.64. The summed E-state index contributed by atoms with van der Waals surface area (Å²) in [7, 11) is 0. The topological polar surface area (TPSA) is 46.6 Å². The van der Waals surface area contributed by atoms with Crippen molar-refractivity contribution >= 4 is 22.1 Å². The molecule has 0 fully saturated rings. The summed E-state index contributed by atoms with van der Waals surface area (Å²) in [6, 6.07) is 0. The van der Waals surface area contributed by atoms with E-state index in [1.165, 1.54) is 31.4 Å². The van der Waals surface area contributed by atoms with E-state index >= 15 is 0 Å². The number of rotatable bonds is 9. The van der Waals surface area contributed by atoms with Gasteiger partial charge in [-0.1, -0.05) is 26.7 Å². The van der Waals surface area contributed by atoms with Gasteiger partial charge in [0.1, 0.15) is 0 Å². The third-order valence-electron chi connectivity index (χ3n) is 3.58. The van der Waals surface area contributed by atoms with Gasteiger partial charge in [-0.15, -0.1) is 11.3 Å². The zero-order chi connectivity index (χ0) is 14.4. The van der Waals surface area contributed by atoms with Crippen molar-refractivity contribution in [2.45, 2.75) is 46.0 Å². The van der Waals surface area contributed by atoms with Crippen LogP contribution in [-0.2, 0) is 6.42 Å². The van der Waals surface area contributed by atoms with Crippen molar-refractivity contribution in [1.29, 1.82) is 0 Å². The maximum atomic E-state index is 5.79. The van der Waals surface area contributed by atoms with E-state index in [-0.39, 0.29) is 0 Å². The fraction of sp³-hybridized carbons (Fsp3) is 0.667. The standard InChI is InChI=1S/C15H26N4S/c1-3-5-9-18(10-6-4-2)14-13(7-8-16)19-11-12-20-15(19)17-14/h11-12H,3-10,16H2,1-2H3. The summed E-state index contributed by atoms with van der Waals surface area (Å²) < 4.78 is 2.21. The molecule has 20 heavy (non-hydrogen) atoms. The molecule has 112 valence electrons. The summed E-state index contributed by atoms with van der Waals surface area (Å²) in [5.41, 5.74) is 7.07. The molecule has 0 aliphatic rings. The van der Waals surface area contributed by atoms with Gasteiger partial charge < -0.3 is 10.6 Å². The Labute approximate surface area is 125 Å². The molecule has 2 aromatic rings. The average molecular weight is 294 g/mol. The summed E-state index contributed by atoms with van der Waals surface area (Å²) in [5.74, 6) is 1.16. The van der Waals surface area contributed by atoms with Crippen molar-refractivity contribution in [1.82, 2.24) is 9.38 Å². The van der Waals surface area contributed by atoms with E-state index in [0.717, 1.165) is 30.3 Å². The van der Waals surface area contributed by atoms with Gasteiger partial charge in [0.2, 0.25) is 0 Å². The van der Waals surface area contributed by atoms with Gasteiger partial charge in [0.05, 0.1) is 5.69 Å². The molecule has 0 aliphatic carbocycles. The molecule has 0 amide bonds. The van der Waals surface area contributed by atoms with Crippen LogP contribution in [0.1, 0.15) is 45.2 Å². The molecule has 0 radical (unpaired) electrons. The van der Waals surface area contributed by atoms with Crippen molar-refractivity contribution < 1.29 is 0 Å². The van der Waals surface area contributed by atoms with Crippen LogP contribution in [-0.4, -0.2) is 29.0 Å². The first-order chi connectivity index (χ1) is 9.81. The highest BCUT2D eigenvalue weighted by Gasteiger charge is 2.17. The van der Waals surface area contributed by atoms with Gasteiger partial charge in [-0.3, -0.25) is 4.40 Å². The lowest BCUT2D eigenvalue weighted by Crippen LogP contribution is -2.27. The van der Waals surface area contributed by atoms with Gasteiger partial charge in [0, 0.05) is 31.1 Å². The van der Waals surface area contributed by atoms with Crippen molar-refractivity contribution in [3.8, 4) is 0 Å². The molecule has 2 heterocycles. The maximum absolute atomic E-state index is 5.79. The number of fused-ring (bicyclic) bond motifs is 1. The van der Waals surface area contributed by atoms with Crippen LogP contribution in [0.3, 0.4) is 0 Å². The summed E-state index contributed by atoms with van der Waals surface area (Å²) in [6.45, 7) is 7.35. The molecule has 0 aliphatic heterocycles. The molecule has 0 saturated carbocycles. The van der Waals surface area contributed by atoms with Crippen LogP contribution < -0.4 is 10.6 Å². The quantitative estimate of drug-likeness (QED) is 0.772. The van der Waals surface area contributed by atoms with E-state index in [2.05, 4.69) is 34.7 Å². The number of unbranched alkanes of at least 4 members (excludes halogenated alkanes) is 2. The Bertz CT molecular complexity index is 509. The molecule has 4 nitrogen and oxygen atoms in total. The molecule has 2 N–H and O–H groups in total. The summed E-state index contributed by atoms with van der Waals surface area (Å²) in [5, 5.41) is 2.09. The molecule has 2 aromatic heterocycles. The van der Waals surface area contributed by atoms with Gasteiger partial charge in [-0.2, -0.15) is 0 Å². The SMILES string of the molecule is CCCCN(CCCC)c1nc2sccn2c1CCN. The van der Waals surface area contributed by atoms with Gasteiger partial charge in [0.15, 0.2) is 10.8 Å². The van der Waals surface area contributed by atoms with Crippen molar-refractivity contribution in [2.24, 2.45) is 5.73 Å². The minimum absolute atomic E-state index is 0.673. The third-order valence-corrected chi connectivity index (χ3v) is 4.34. The molecule has 0 aromatic carbocycles. The first kappa shape index (κ1) is 15.3. The summed E-state index contributed by atoms with van der Waals surface area (Å²) in [6.07, 6.45) is 7.88. The lowest BCUT2D eigenvalue weighted by atomic mass is 10.2. The van der Waals surface area contributed by atoms with E-state index in [4.69, 9.17) is 10.7 Å². The number of nitrogens with two attached hydrogens (primary N) is 1. The van der Waals surface area contributed by atoms with Gasteiger partial charge in [0.25, 0.3) is 0 Å². The van der Waals surface area contributed by atoms with E-state index in [1.807, 2.05) is 0 Å². The number of nitrogens with zero attached hydrogens (tertiary/aromatic N) is 3. The second-order valence-corrected chi connectivity index (χ2v) is 6.04. The monoisotopic (exact) mass is 294 g/mol. The molecule has 0 saturated heterocycles. The highest BCUT2D eigenvalue weighted by Crippen LogP contribution is 2.25. The molecule has 2 rings (SSSR count). The van der Waals surface area contributed by atoms with Gasteiger partial charge in [-0.05, 0) is 19.4 Å². The van der Waals surface area contributed by atoms with Crippen LogP contribution in [0.5, 0.6) is 0 Å². The third kappa shape index (κ3) is 3.33. The Balaban J connectivity index is 2.29. The lowest BCUT2D eigenvalue weighted by molar-refractivity contribution is 0.669. The van der Waals surface area contributed by atoms with Crippen LogP contribution in [0.15, 0.2) is 11.6 Å². The molecule has 0 unspecified atom stereocenters. The van der Waals surface area contributed by atoms with E-state index < -0.39 is 0 Å². The highest BCUT2D eigenvalue weighted by atomic mass is 32.1. The van der Waals surface area contributed by atoms with E-state index in [1.54, 1.807) is 11.3 Å². The van der Waals surface area contributed by atoms with Crippen LogP contribution in [0.2, 0.25) is 0 Å². The number of thiazole rings is 1. The Morgan fingerprint density at radius 1 is 1.25 bits per heavy atom. The number of aromatic nitrogens is 2. The van der Waals surface area contributed by atoms with Gasteiger partial charge in [-0.25, -0.2) is 4.98 Å². The minimum Gasteiger partial charge on any atom is -0.355 e. The van der Waals surface area contributed by atoms with E-state index in [9.17, 15) is 0 Å². The Hall–Kier alpha value is -1.07. The molecule has 0 bridgehead atoms. The van der Waals surface area contributed by atoms with E-state index in [0.29, 0.717) is 6.54 Å². The molecule has 0 spiro atoms. The largest absolute Gasteiger partial charge is 0.355 e. The molecular formula is C15H26N4S. The van der Waals surface area contributed by atoms with Crippen LogP contribution in [0.25, 0.3) is 4.96 Å². The summed E-state index contributed by atoms with van der Waals surface area (Å²) in [4.78, 5) is 8.39. The van der Waals surface area contributed by atoms with Crippen molar-refractivity contribution in [3.05, 3.63) is 17.3 Å². The predicted octanol–water partition coefficient (Wildman–Crippen LogP) is 3.30. The molecule has 0 atom stereocenters. The Morgan fingerprint density at radius 3 is 2.55 bits per heavy atom. The smallest absolute Gasteiger partial charge is 0.195 e. The second-order valence-electron chi connectivity index (χ2n) is 5.17. The Morgan fingerprint density at radius 2 is 1.95 bits per heavy atom. The lowest BCUT2D eigenvalue weighted by Gasteiger charge is -2.23. The molecule has 5 heteroatoms.